The summed E-state index contributed by atoms with van der Waals surface area (Å²) in [5, 5.41) is 5.70. The van der Waals surface area contributed by atoms with E-state index >= 15 is 0 Å². The number of carbonyl (C=O) groups is 2. The molecule has 6 heteroatoms. The summed E-state index contributed by atoms with van der Waals surface area (Å²) in [7, 11) is 0. The summed E-state index contributed by atoms with van der Waals surface area (Å²) in [6, 6.07) is -0.363. The first-order valence-electron chi connectivity index (χ1n) is 6.52. The lowest BCUT2D eigenvalue weighted by molar-refractivity contribution is -0.144. The van der Waals surface area contributed by atoms with E-state index in [1.165, 1.54) is 0 Å². The molecular formula is C13H19N3O2S. The molecule has 104 valence electrons. The third-order valence-electron chi connectivity index (χ3n) is 3.07. The third kappa shape index (κ3) is 3.76. The van der Waals surface area contributed by atoms with Crippen molar-refractivity contribution >= 4 is 23.2 Å². The average molecular weight is 281 g/mol. The topological polar surface area (TPSA) is 62.3 Å². The van der Waals surface area contributed by atoms with Crippen molar-refractivity contribution in [3.63, 3.8) is 0 Å². The van der Waals surface area contributed by atoms with Crippen LogP contribution < -0.4 is 5.32 Å². The maximum absolute atomic E-state index is 12.3. The van der Waals surface area contributed by atoms with E-state index in [9.17, 15) is 9.59 Å². The lowest BCUT2D eigenvalue weighted by atomic mass is 10.0. The van der Waals surface area contributed by atoms with Crippen LogP contribution in [0.1, 0.15) is 25.3 Å². The van der Waals surface area contributed by atoms with Gasteiger partial charge in [-0.15, -0.1) is 11.3 Å². The Kier molecular flexibility index (Phi) is 4.52. The number of carbonyl (C=O) groups excluding carboxylic acids is 2. The van der Waals surface area contributed by atoms with Gasteiger partial charge >= 0.3 is 0 Å². The van der Waals surface area contributed by atoms with Crippen molar-refractivity contribution in [2.75, 3.05) is 13.1 Å². The van der Waals surface area contributed by atoms with E-state index in [1.807, 2.05) is 19.2 Å². The van der Waals surface area contributed by atoms with E-state index in [4.69, 9.17) is 0 Å². The SMILES string of the molecule is CC(C)CC1NC(=O)CN(CCc2nccs2)C1=O. The van der Waals surface area contributed by atoms with Gasteiger partial charge in [0.05, 0.1) is 11.6 Å². The third-order valence-corrected chi connectivity index (χ3v) is 3.91. The number of amides is 2. The van der Waals surface area contributed by atoms with Gasteiger partial charge in [-0.25, -0.2) is 4.98 Å². The van der Waals surface area contributed by atoms with Crippen LogP contribution in [0.3, 0.4) is 0 Å². The van der Waals surface area contributed by atoms with E-state index in [2.05, 4.69) is 10.3 Å². The summed E-state index contributed by atoms with van der Waals surface area (Å²) < 4.78 is 0. The zero-order valence-corrected chi connectivity index (χ0v) is 12.1. The van der Waals surface area contributed by atoms with E-state index in [0.717, 1.165) is 5.01 Å². The van der Waals surface area contributed by atoms with Gasteiger partial charge in [0.1, 0.15) is 6.04 Å². The molecule has 1 saturated heterocycles. The molecule has 0 saturated carbocycles. The van der Waals surface area contributed by atoms with Crippen LogP contribution in [0.15, 0.2) is 11.6 Å². The minimum absolute atomic E-state index is 0.0323. The van der Waals surface area contributed by atoms with E-state index in [0.29, 0.717) is 25.3 Å². The van der Waals surface area contributed by atoms with E-state index < -0.39 is 0 Å². The predicted octanol–water partition coefficient (Wildman–Crippen LogP) is 1.06. The summed E-state index contributed by atoms with van der Waals surface area (Å²) in [6.45, 7) is 4.83. The van der Waals surface area contributed by atoms with Crippen molar-refractivity contribution < 1.29 is 9.59 Å². The number of hydrogen-bond donors (Lipinski definition) is 1. The largest absolute Gasteiger partial charge is 0.343 e. The molecule has 1 aliphatic heterocycles. The number of rotatable bonds is 5. The molecule has 1 atom stereocenters. The van der Waals surface area contributed by atoms with Gasteiger partial charge in [0.2, 0.25) is 11.8 Å². The second kappa shape index (κ2) is 6.14. The van der Waals surface area contributed by atoms with Crippen LogP contribution in [0.5, 0.6) is 0 Å². The summed E-state index contributed by atoms with van der Waals surface area (Å²) >= 11 is 1.58. The van der Waals surface area contributed by atoms with Gasteiger partial charge < -0.3 is 10.2 Å². The molecule has 1 N–H and O–H groups in total. The standard InChI is InChI=1S/C13H19N3O2S/c1-9(2)7-10-13(18)16(8-11(17)15-10)5-3-12-14-4-6-19-12/h4,6,9-10H,3,5,7-8H2,1-2H3,(H,15,17). The van der Waals surface area contributed by atoms with Crippen LogP contribution in [-0.4, -0.2) is 40.8 Å². The van der Waals surface area contributed by atoms with E-state index in [-0.39, 0.29) is 24.4 Å². The van der Waals surface area contributed by atoms with Gasteiger partial charge in [0, 0.05) is 24.5 Å². The fourth-order valence-corrected chi connectivity index (χ4v) is 2.81. The monoisotopic (exact) mass is 281 g/mol. The molecule has 0 aromatic carbocycles. The van der Waals surface area contributed by atoms with Crippen LogP contribution in [-0.2, 0) is 16.0 Å². The summed E-state index contributed by atoms with van der Waals surface area (Å²) in [6.07, 6.45) is 3.16. The van der Waals surface area contributed by atoms with Crippen LogP contribution in [0.2, 0.25) is 0 Å². The maximum Gasteiger partial charge on any atom is 0.245 e. The normalized spacial score (nSPS) is 19.9. The van der Waals surface area contributed by atoms with Crippen LogP contribution in [0, 0.1) is 5.92 Å². The van der Waals surface area contributed by atoms with Gasteiger partial charge in [0.15, 0.2) is 0 Å². The van der Waals surface area contributed by atoms with Crippen molar-refractivity contribution in [3.05, 3.63) is 16.6 Å². The number of aromatic nitrogens is 1. The summed E-state index contributed by atoms with van der Waals surface area (Å²) in [4.78, 5) is 29.8. The lowest BCUT2D eigenvalue weighted by Gasteiger charge is -2.33. The zero-order chi connectivity index (χ0) is 13.8. The molecule has 1 aliphatic rings. The first-order valence-corrected chi connectivity index (χ1v) is 7.40. The molecule has 1 aromatic rings. The molecule has 1 unspecified atom stereocenters. The Hall–Kier alpha value is -1.43. The Labute approximate surface area is 117 Å². The summed E-state index contributed by atoms with van der Waals surface area (Å²) in [5.41, 5.74) is 0. The lowest BCUT2D eigenvalue weighted by Crippen LogP contribution is -2.58. The minimum atomic E-state index is -0.363. The summed E-state index contributed by atoms with van der Waals surface area (Å²) in [5.74, 6) is 0.349. The highest BCUT2D eigenvalue weighted by Crippen LogP contribution is 2.13. The number of nitrogens with zero attached hydrogens (tertiary/aromatic N) is 2. The highest BCUT2D eigenvalue weighted by Gasteiger charge is 2.32. The smallest absolute Gasteiger partial charge is 0.245 e. The molecule has 2 amide bonds. The van der Waals surface area contributed by atoms with E-state index in [1.54, 1.807) is 22.4 Å². The number of hydrogen-bond acceptors (Lipinski definition) is 4. The second-order valence-corrected chi connectivity index (χ2v) is 6.16. The minimum Gasteiger partial charge on any atom is -0.343 e. The second-order valence-electron chi connectivity index (χ2n) is 5.19. The molecule has 1 fully saturated rings. The Morgan fingerprint density at radius 1 is 1.53 bits per heavy atom. The highest BCUT2D eigenvalue weighted by molar-refractivity contribution is 7.09. The van der Waals surface area contributed by atoms with Crippen molar-refractivity contribution in [2.45, 2.75) is 32.7 Å². The van der Waals surface area contributed by atoms with Gasteiger partial charge in [-0.2, -0.15) is 0 Å². The van der Waals surface area contributed by atoms with Crippen molar-refractivity contribution in [1.29, 1.82) is 0 Å². The first-order chi connectivity index (χ1) is 9.06. The Morgan fingerprint density at radius 3 is 2.95 bits per heavy atom. The molecule has 19 heavy (non-hydrogen) atoms. The molecule has 5 nitrogen and oxygen atoms in total. The van der Waals surface area contributed by atoms with Crippen molar-refractivity contribution in [3.8, 4) is 0 Å². The van der Waals surface area contributed by atoms with Gasteiger partial charge in [-0.3, -0.25) is 9.59 Å². The number of piperazine rings is 1. The molecular weight excluding hydrogens is 262 g/mol. The first kappa shape index (κ1) is 14.0. The van der Waals surface area contributed by atoms with Crippen LogP contribution in [0.25, 0.3) is 0 Å². The van der Waals surface area contributed by atoms with Crippen LogP contribution >= 0.6 is 11.3 Å². The Bertz CT molecular complexity index is 445. The van der Waals surface area contributed by atoms with Gasteiger partial charge in [-0.1, -0.05) is 13.8 Å². The zero-order valence-electron chi connectivity index (χ0n) is 11.3. The fourth-order valence-electron chi connectivity index (χ4n) is 2.20. The van der Waals surface area contributed by atoms with Gasteiger partial charge in [0.25, 0.3) is 0 Å². The van der Waals surface area contributed by atoms with Gasteiger partial charge in [-0.05, 0) is 12.3 Å². The Morgan fingerprint density at radius 2 is 2.32 bits per heavy atom. The number of nitrogens with one attached hydrogen (secondary N) is 1. The Balaban J connectivity index is 1.95. The highest BCUT2D eigenvalue weighted by atomic mass is 32.1. The quantitative estimate of drug-likeness (QED) is 0.878. The van der Waals surface area contributed by atoms with Crippen LogP contribution in [0.4, 0.5) is 0 Å². The predicted molar refractivity (Wildman–Crippen MR) is 73.8 cm³/mol. The average Bonchev–Trinajstić information content (AvgIpc) is 2.84. The maximum atomic E-state index is 12.3. The molecule has 0 radical (unpaired) electrons. The molecule has 2 heterocycles. The molecule has 1 aromatic heterocycles. The van der Waals surface area contributed by atoms with Crippen molar-refractivity contribution in [2.24, 2.45) is 5.92 Å². The fraction of sp³-hybridized carbons (Fsp3) is 0.615. The molecule has 0 bridgehead atoms. The molecule has 0 spiro atoms. The molecule has 2 rings (SSSR count). The number of thiazole rings is 1. The molecule has 0 aliphatic carbocycles. The van der Waals surface area contributed by atoms with Crippen molar-refractivity contribution in [1.82, 2.24) is 15.2 Å².